The monoisotopic (exact) mass is 223 g/mol. The molecule has 4 heteroatoms. The zero-order valence-electron chi connectivity index (χ0n) is 8.88. The number of aromatic nitrogens is 2. The van der Waals surface area contributed by atoms with E-state index in [-0.39, 0.29) is 0 Å². The summed E-state index contributed by atoms with van der Waals surface area (Å²) in [4.78, 5) is 0. The van der Waals surface area contributed by atoms with Crippen molar-refractivity contribution in [1.82, 2.24) is 15.5 Å². The van der Waals surface area contributed by atoms with E-state index in [4.69, 9.17) is 0 Å². The minimum atomic E-state index is 0.355. The highest BCUT2D eigenvalue weighted by Crippen LogP contribution is 2.39. The second-order valence-electron chi connectivity index (χ2n) is 4.62. The van der Waals surface area contributed by atoms with Gasteiger partial charge >= 0.3 is 0 Å². The first kappa shape index (κ1) is 9.73. The molecule has 15 heavy (non-hydrogen) atoms. The molecule has 1 aromatic heterocycles. The van der Waals surface area contributed by atoms with Crippen molar-refractivity contribution in [1.29, 1.82) is 0 Å². The molecule has 1 fully saturated rings. The van der Waals surface area contributed by atoms with Gasteiger partial charge in [-0.05, 0) is 30.8 Å². The van der Waals surface area contributed by atoms with Gasteiger partial charge < -0.3 is 5.32 Å². The van der Waals surface area contributed by atoms with Crippen LogP contribution in [-0.4, -0.2) is 28.2 Å². The fourth-order valence-corrected chi connectivity index (χ4v) is 3.95. The van der Waals surface area contributed by atoms with Gasteiger partial charge in [-0.2, -0.15) is 16.9 Å². The molecule has 1 spiro atoms. The summed E-state index contributed by atoms with van der Waals surface area (Å²) in [5, 5.41) is 11.0. The Morgan fingerprint density at radius 1 is 1.33 bits per heavy atom. The highest BCUT2D eigenvalue weighted by atomic mass is 32.2. The summed E-state index contributed by atoms with van der Waals surface area (Å²) in [7, 11) is 0. The Morgan fingerprint density at radius 2 is 2.33 bits per heavy atom. The number of hydrogen-bond acceptors (Lipinski definition) is 3. The maximum absolute atomic E-state index is 4.21. The van der Waals surface area contributed by atoms with E-state index in [1.54, 1.807) is 0 Å². The standard InChI is InChI=1S/C11H17N3S/c1-2-11(3-5-15-4-1)8-12-6-9-7-13-14-10(9)11/h7,12H,1-6,8H2,(H,13,14). The summed E-state index contributed by atoms with van der Waals surface area (Å²) in [5.41, 5.74) is 3.16. The molecule has 0 radical (unpaired) electrons. The fraction of sp³-hybridized carbons (Fsp3) is 0.727. The number of nitrogens with zero attached hydrogens (tertiary/aromatic N) is 1. The van der Waals surface area contributed by atoms with Crippen LogP contribution in [0, 0.1) is 0 Å². The Balaban J connectivity index is 1.98. The summed E-state index contributed by atoms with van der Waals surface area (Å²) in [5.74, 6) is 2.62. The van der Waals surface area contributed by atoms with Crippen molar-refractivity contribution in [3.8, 4) is 0 Å². The van der Waals surface area contributed by atoms with Crippen LogP contribution in [0.3, 0.4) is 0 Å². The van der Waals surface area contributed by atoms with Crippen LogP contribution in [0.1, 0.15) is 30.5 Å². The van der Waals surface area contributed by atoms with Gasteiger partial charge in [0.1, 0.15) is 0 Å². The van der Waals surface area contributed by atoms with Crippen molar-refractivity contribution in [2.45, 2.75) is 31.2 Å². The molecule has 3 nitrogen and oxygen atoms in total. The Labute approximate surface area is 94.4 Å². The Hall–Kier alpha value is -0.480. The second kappa shape index (κ2) is 3.83. The summed E-state index contributed by atoms with van der Waals surface area (Å²) in [6, 6.07) is 0. The van der Waals surface area contributed by atoms with Crippen LogP contribution in [0.2, 0.25) is 0 Å². The lowest BCUT2D eigenvalue weighted by atomic mass is 9.74. The third kappa shape index (κ3) is 1.60. The maximum Gasteiger partial charge on any atom is 0.0535 e. The van der Waals surface area contributed by atoms with Gasteiger partial charge in [-0.1, -0.05) is 0 Å². The summed E-state index contributed by atoms with van der Waals surface area (Å²) in [6.07, 6.45) is 5.92. The number of hydrogen-bond donors (Lipinski definition) is 2. The highest BCUT2D eigenvalue weighted by Gasteiger charge is 2.38. The van der Waals surface area contributed by atoms with Crippen molar-refractivity contribution in [3.63, 3.8) is 0 Å². The zero-order chi connectivity index (χ0) is 10.1. The van der Waals surface area contributed by atoms with Crippen molar-refractivity contribution < 1.29 is 0 Å². The third-order valence-electron chi connectivity index (χ3n) is 3.70. The highest BCUT2D eigenvalue weighted by molar-refractivity contribution is 7.99. The van der Waals surface area contributed by atoms with Crippen LogP contribution in [0.5, 0.6) is 0 Å². The van der Waals surface area contributed by atoms with Gasteiger partial charge in [-0.25, -0.2) is 0 Å². The first-order chi connectivity index (χ1) is 7.41. The lowest BCUT2D eigenvalue weighted by molar-refractivity contribution is 0.327. The maximum atomic E-state index is 4.21. The topological polar surface area (TPSA) is 40.7 Å². The molecule has 2 aliphatic heterocycles. The minimum absolute atomic E-state index is 0.355. The van der Waals surface area contributed by atoms with Gasteiger partial charge in [0.15, 0.2) is 0 Å². The first-order valence-corrected chi connectivity index (χ1v) is 6.87. The molecule has 1 unspecified atom stereocenters. The number of thioether (sulfide) groups is 1. The number of rotatable bonds is 0. The summed E-state index contributed by atoms with van der Waals surface area (Å²) < 4.78 is 0. The van der Waals surface area contributed by atoms with E-state index in [0.29, 0.717) is 5.41 Å². The third-order valence-corrected chi connectivity index (χ3v) is 4.77. The predicted octanol–water partition coefficient (Wildman–Crippen LogP) is 1.67. The van der Waals surface area contributed by atoms with Crippen molar-refractivity contribution in [2.75, 3.05) is 18.1 Å². The molecule has 0 saturated carbocycles. The van der Waals surface area contributed by atoms with Crippen LogP contribution in [0.15, 0.2) is 6.20 Å². The van der Waals surface area contributed by atoms with Crippen molar-refractivity contribution in [3.05, 3.63) is 17.5 Å². The van der Waals surface area contributed by atoms with Crippen molar-refractivity contribution in [2.24, 2.45) is 0 Å². The molecular weight excluding hydrogens is 206 g/mol. The molecule has 3 heterocycles. The summed E-state index contributed by atoms with van der Waals surface area (Å²) >= 11 is 2.10. The second-order valence-corrected chi connectivity index (χ2v) is 5.84. The van der Waals surface area contributed by atoms with E-state index in [1.807, 2.05) is 6.20 Å². The van der Waals surface area contributed by atoms with Gasteiger partial charge in [0.2, 0.25) is 0 Å². The average molecular weight is 223 g/mol. The van der Waals surface area contributed by atoms with Gasteiger partial charge in [0.05, 0.1) is 6.20 Å². The van der Waals surface area contributed by atoms with Crippen molar-refractivity contribution >= 4 is 11.8 Å². The molecule has 0 bridgehead atoms. The average Bonchev–Trinajstić information content (AvgIpc) is 2.62. The lowest BCUT2D eigenvalue weighted by Gasteiger charge is -2.36. The zero-order valence-corrected chi connectivity index (χ0v) is 9.70. The minimum Gasteiger partial charge on any atom is -0.312 e. The van der Waals surface area contributed by atoms with Gasteiger partial charge in [-0.15, -0.1) is 0 Å². The number of aromatic amines is 1. The predicted molar refractivity (Wildman–Crippen MR) is 63.1 cm³/mol. The first-order valence-electron chi connectivity index (χ1n) is 5.72. The van der Waals surface area contributed by atoms with Gasteiger partial charge in [0, 0.05) is 29.8 Å². The lowest BCUT2D eigenvalue weighted by Crippen LogP contribution is -2.43. The molecule has 82 valence electrons. The van der Waals surface area contributed by atoms with Gasteiger partial charge in [0.25, 0.3) is 0 Å². The molecule has 1 saturated heterocycles. The van der Waals surface area contributed by atoms with Crippen LogP contribution < -0.4 is 5.32 Å². The van der Waals surface area contributed by atoms with Crippen LogP contribution >= 0.6 is 11.8 Å². The van der Waals surface area contributed by atoms with E-state index < -0.39 is 0 Å². The Morgan fingerprint density at radius 3 is 3.33 bits per heavy atom. The molecular formula is C11H17N3S. The smallest absolute Gasteiger partial charge is 0.0535 e. The van der Waals surface area contributed by atoms with E-state index in [1.165, 1.54) is 42.0 Å². The van der Waals surface area contributed by atoms with Gasteiger partial charge in [-0.3, -0.25) is 5.10 Å². The Kier molecular flexibility index (Phi) is 2.48. The molecule has 1 aromatic rings. The van der Waals surface area contributed by atoms with Crippen LogP contribution in [-0.2, 0) is 12.0 Å². The Bertz CT molecular complexity index is 339. The molecule has 1 atom stereocenters. The molecule has 0 aromatic carbocycles. The molecule has 2 aliphatic rings. The molecule has 2 N–H and O–H groups in total. The van der Waals surface area contributed by atoms with Crippen LogP contribution in [0.25, 0.3) is 0 Å². The molecule has 3 rings (SSSR count). The van der Waals surface area contributed by atoms with Crippen LogP contribution in [0.4, 0.5) is 0 Å². The van der Waals surface area contributed by atoms with E-state index >= 15 is 0 Å². The molecule has 0 aliphatic carbocycles. The quantitative estimate of drug-likeness (QED) is 0.703. The normalized spacial score (nSPS) is 31.2. The number of nitrogens with one attached hydrogen (secondary N) is 2. The molecule has 0 amide bonds. The SMILES string of the molecule is c1n[nH]c2c1CNCC21CCCSCC1. The van der Waals surface area contributed by atoms with E-state index in [2.05, 4.69) is 27.3 Å². The largest absolute Gasteiger partial charge is 0.312 e. The van der Waals surface area contributed by atoms with E-state index in [9.17, 15) is 0 Å². The number of H-pyrrole nitrogens is 1. The van der Waals surface area contributed by atoms with E-state index in [0.717, 1.165) is 13.1 Å². The summed E-state index contributed by atoms with van der Waals surface area (Å²) in [6.45, 7) is 2.11. The number of fused-ring (bicyclic) bond motifs is 2. The fourth-order valence-electron chi connectivity index (χ4n) is 2.86.